The van der Waals surface area contributed by atoms with Crippen LogP contribution in [0.2, 0.25) is 13.1 Å². The first-order valence-corrected chi connectivity index (χ1v) is 9.41. The second-order valence-electron chi connectivity index (χ2n) is 5.25. The van der Waals surface area contributed by atoms with Gasteiger partial charge in [-0.25, -0.2) is 0 Å². The zero-order valence-electron chi connectivity index (χ0n) is 11.8. The Morgan fingerprint density at radius 1 is 0.947 bits per heavy atom. The summed E-state index contributed by atoms with van der Waals surface area (Å²) in [6, 6.07) is 18.5. The van der Waals surface area contributed by atoms with Crippen LogP contribution in [0, 0.1) is 0 Å². The topological polar surface area (TPSA) is 9.23 Å². The minimum absolute atomic E-state index is 0.940. The molecule has 98 valence electrons. The maximum atomic E-state index is 6.28. The van der Waals surface area contributed by atoms with Gasteiger partial charge in [-0.3, -0.25) is 0 Å². The lowest BCUT2D eigenvalue weighted by Crippen LogP contribution is -2.49. The van der Waals surface area contributed by atoms with Gasteiger partial charge in [0.15, 0.2) is 0 Å². The van der Waals surface area contributed by atoms with Gasteiger partial charge in [0.05, 0.1) is 0 Å². The Kier molecular flexibility index (Phi) is 3.91. The molecule has 1 nitrogen and oxygen atoms in total. The largest absolute Gasteiger partial charge is 0.540 e. The lowest BCUT2D eigenvalue weighted by Gasteiger charge is -2.27. The third-order valence-corrected chi connectivity index (χ3v) is 5.63. The van der Waals surface area contributed by atoms with Crippen molar-refractivity contribution in [1.82, 2.24) is 0 Å². The molecule has 0 aromatic heterocycles. The Hall–Kier alpha value is -1.80. The minimum atomic E-state index is -1.99. The Balaban J connectivity index is 2.37. The SMILES string of the molecule is C=C(C)c1ccccc1[Si](C)(C)Oc1ccccc1. The summed E-state index contributed by atoms with van der Waals surface area (Å²) in [5.41, 5.74) is 2.31. The van der Waals surface area contributed by atoms with Gasteiger partial charge in [0, 0.05) is 0 Å². The van der Waals surface area contributed by atoms with Crippen LogP contribution in [0.15, 0.2) is 61.2 Å². The smallest absolute Gasteiger partial charge is 0.277 e. The van der Waals surface area contributed by atoms with Crippen molar-refractivity contribution < 1.29 is 4.43 Å². The maximum Gasteiger partial charge on any atom is 0.277 e. The summed E-state index contributed by atoms with van der Waals surface area (Å²) in [5, 5.41) is 1.30. The van der Waals surface area contributed by atoms with E-state index in [-0.39, 0.29) is 0 Å². The number of benzene rings is 2. The molecule has 2 rings (SSSR count). The van der Waals surface area contributed by atoms with Gasteiger partial charge in [0.2, 0.25) is 0 Å². The molecule has 0 aliphatic rings. The summed E-state index contributed by atoms with van der Waals surface area (Å²) in [5.74, 6) is 0.940. The number of rotatable bonds is 4. The molecular weight excluding hydrogens is 248 g/mol. The fraction of sp³-hybridized carbons (Fsp3) is 0.176. The van der Waals surface area contributed by atoms with Gasteiger partial charge in [-0.05, 0) is 42.9 Å². The van der Waals surface area contributed by atoms with Crippen LogP contribution in [-0.4, -0.2) is 8.32 Å². The van der Waals surface area contributed by atoms with Crippen LogP contribution >= 0.6 is 0 Å². The van der Waals surface area contributed by atoms with E-state index in [0.29, 0.717) is 0 Å². The highest BCUT2D eigenvalue weighted by Gasteiger charge is 2.29. The maximum absolute atomic E-state index is 6.28. The molecule has 2 aromatic carbocycles. The van der Waals surface area contributed by atoms with Crippen molar-refractivity contribution in [3.05, 3.63) is 66.7 Å². The Morgan fingerprint density at radius 2 is 1.53 bits per heavy atom. The van der Waals surface area contributed by atoms with E-state index in [2.05, 4.69) is 43.9 Å². The van der Waals surface area contributed by atoms with Gasteiger partial charge in [-0.15, -0.1) is 0 Å². The first-order chi connectivity index (χ1) is 9.00. The molecule has 0 atom stereocenters. The van der Waals surface area contributed by atoms with Gasteiger partial charge in [0.1, 0.15) is 5.75 Å². The van der Waals surface area contributed by atoms with Crippen LogP contribution in [-0.2, 0) is 0 Å². The fourth-order valence-electron chi connectivity index (χ4n) is 2.22. The predicted molar refractivity (Wildman–Crippen MR) is 85.3 cm³/mol. The number of hydrogen-bond acceptors (Lipinski definition) is 1. The monoisotopic (exact) mass is 268 g/mol. The van der Waals surface area contributed by atoms with Crippen molar-refractivity contribution in [3.8, 4) is 5.75 Å². The standard InChI is InChI=1S/C17H20OSi/c1-14(2)16-12-8-9-13-17(16)19(3,4)18-15-10-6-5-7-11-15/h5-13H,1H2,2-4H3. The van der Waals surface area contributed by atoms with Gasteiger partial charge >= 0.3 is 0 Å². The van der Waals surface area contributed by atoms with Crippen molar-refractivity contribution in [1.29, 1.82) is 0 Å². The predicted octanol–water partition coefficient (Wildman–Crippen LogP) is 4.21. The summed E-state index contributed by atoms with van der Waals surface area (Å²) < 4.78 is 6.28. The third kappa shape index (κ3) is 3.15. The molecule has 0 saturated carbocycles. The van der Waals surface area contributed by atoms with Gasteiger partial charge < -0.3 is 4.43 Å². The van der Waals surface area contributed by atoms with Crippen molar-refractivity contribution >= 4 is 19.1 Å². The van der Waals surface area contributed by atoms with Crippen molar-refractivity contribution in [3.63, 3.8) is 0 Å². The van der Waals surface area contributed by atoms with Crippen LogP contribution in [0.25, 0.3) is 5.57 Å². The molecule has 0 N–H and O–H groups in total. The fourth-order valence-corrected chi connectivity index (χ4v) is 4.50. The average molecular weight is 268 g/mol. The summed E-state index contributed by atoms with van der Waals surface area (Å²) in [6.07, 6.45) is 0. The Morgan fingerprint density at radius 3 is 2.16 bits per heavy atom. The highest BCUT2D eigenvalue weighted by molar-refractivity contribution is 6.85. The van der Waals surface area contributed by atoms with E-state index in [1.54, 1.807) is 0 Å². The molecule has 0 heterocycles. The minimum Gasteiger partial charge on any atom is -0.540 e. The van der Waals surface area contributed by atoms with E-state index >= 15 is 0 Å². The molecule has 0 unspecified atom stereocenters. The molecule has 0 saturated heterocycles. The first kappa shape index (κ1) is 13.6. The van der Waals surface area contributed by atoms with Crippen molar-refractivity contribution in [2.45, 2.75) is 20.0 Å². The molecule has 0 spiro atoms. The van der Waals surface area contributed by atoms with E-state index in [1.165, 1.54) is 10.8 Å². The molecule has 0 radical (unpaired) electrons. The van der Waals surface area contributed by atoms with Crippen molar-refractivity contribution in [2.24, 2.45) is 0 Å². The molecule has 0 fully saturated rings. The molecule has 0 amide bonds. The highest BCUT2D eigenvalue weighted by Crippen LogP contribution is 2.19. The summed E-state index contributed by atoms with van der Waals surface area (Å²) >= 11 is 0. The second-order valence-corrected chi connectivity index (χ2v) is 9.01. The molecular formula is C17H20OSi. The van der Waals surface area contributed by atoms with Crippen LogP contribution in [0.4, 0.5) is 0 Å². The summed E-state index contributed by atoms with van der Waals surface area (Å²) in [4.78, 5) is 0. The summed E-state index contributed by atoms with van der Waals surface area (Å²) in [7, 11) is -1.99. The average Bonchev–Trinajstić information content (AvgIpc) is 2.39. The van der Waals surface area contributed by atoms with Gasteiger partial charge in [0.25, 0.3) is 8.32 Å². The van der Waals surface area contributed by atoms with Crippen LogP contribution < -0.4 is 9.61 Å². The Labute approximate surface area is 116 Å². The number of hydrogen-bond donors (Lipinski definition) is 0. The lowest BCUT2D eigenvalue weighted by molar-refractivity contribution is 0.564. The van der Waals surface area contributed by atoms with E-state index in [4.69, 9.17) is 4.43 Å². The second kappa shape index (κ2) is 5.45. The lowest BCUT2D eigenvalue weighted by atomic mass is 10.1. The molecule has 0 aliphatic carbocycles. The van der Waals surface area contributed by atoms with E-state index in [0.717, 1.165) is 11.3 Å². The van der Waals surface area contributed by atoms with Crippen LogP contribution in [0.1, 0.15) is 12.5 Å². The Bertz CT molecular complexity index is 573. The normalized spacial score (nSPS) is 11.1. The summed E-state index contributed by atoms with van der Waals surface area (Å²) in [6.45, 7) is 10.6. The molecule has 19 heavy (non-hydrogen) atoms. The van der Waals surface area contributed by atoms with E-state index in [1.807, 2.05) is 37.3 Å². The molecule has 2 heteroatoms. The van der Waals surface area contributed by atoms with E-state index in [9.17, 15) is 0 Å². The quantitative estimate of drug-likeness (QED) is 0.755. The zero-order chi connectivity index (χ0) is 13.9. The van der Waals surface area contributed by atoms with Crippen molar-refractivity contribution in [2.75, 3.05) is 0 Å². The van der Waals surface area contributed by atoms with Gasteiger partial charge in [-0.1, -0.05) is 54.6 Å². The van der Waals surface area contributed by atoms with Crippen LogP contribution in [0.3, 0.4) is 0 Å². The molecule has 2 aromatic rings. The molecule has 0 aliphatic heterocycles. The number of para-hydroxylation sites is 1. The molecule has 0 bridgehead atoms. The zero-order valence-corrected chi connectivity index (χ0v) is 12.8. The van der Waals surface area contributed by atoms with E-state index < -0.39 is 8.32 Å². The first-order valence-electron chi connectivity index (χ1n) is 6.50. The van der Waals surface area contributed by atoms with Gasteiger partial charge in [-0.2, -0.15) is 0 Å². The highest BCUT2D eigenvalue weighted by atomic mass is 28.4. The third-order valence-electron chi connectivity index (χ3n) is 3.15. The number of allylic oxidation sites excluding steroid dienone is 1. The van der Waals surface area contributed by atoms with Crippen LogP contribution in [0.5, 0.6) is 5.75 Å².